The second-order valence-corrected chi connectivity index (χ2v) is 5.40. The van der Waals surface area contributed by atoms with E-state index >= 15 is 0 Å². The Bertz CT molecular complexity index is 494. The molecule has 0 saturated heterocycles. The summed E-state index contributed by atoms with van der Waals surface area (Å²) >= 11 is 0. The number of nitrogens with two attached hydrogens (primary N) is 1. The van der Waals surface area contributed by atoms with Crippen LogP contribution in [0, 0.1) is 11.6 Å². The first-order valence-electron chi connectivity index (χ1n) is 5.04. The van der Waals surface area contributed by atoms with Gasteiger partial charge in [-0.2, -0.15) is 0 Å². The third-order valence-electron chi connectivity index (χ3n) is 2.26. The number of nitrogen functional groups attached to an aromatic ring is 1. The Balaban J connectivity index is 3.25. The Hall–Kier alpha value is -1.21. The maximum absolute atomic E-state index is 13.4. The summed E-state index contributed by atoms with van der Waals surface area (Å²) in [5.74, 6) is -2.39. The molecule has 0 aliphatic rings. The van der Waals surface area contributed by atoms with E-state index in [0.717, 1.165) is 12.1 Å². The summed E-state index contributed by atoms with van der Waals surface area (Å²) in [6.45, 7) is 3.35. The van der Waals surface area contributed by atoms with E-state index in [1.54, 1.807) is 13.8 Å². The van der Waals surface area contributed by atoms with Gasteiger partial charge in [0.05, 0.1) is 0 Å². The highest BCUT2D eigenvalue weighted by molar-refractivity contribution is 7.89. The van der Waals surface area contributed by atoms with Gasteiger partial charge in [0, 0.05) is 11.7 Å². The summed E-state index contributed by atoms with van der Waals surface area (Å²) in [4.78, 5) is -0.994. The summed E-state index contributed by atoms with van der Waals surface area (Å²) in [6.07, 6.45) is 0.511. The lowest BCUT2D eigenvalue weighted by molar-refractivity contribution is 0.507. The number of sulfonamides is 1. The van der Waals surface area contributed by atoms with E-state index in [1.807, 2.05) is 0 Å². The first kappa shape index (κ1) is 13.9. The lowest BCUT2D eigenvalue weighted by Gasteiger charge is -2.13. The minimum atomic E-state index is -4.21. The van der Waals surface area contributed by atoms with Crippen LogP contribution in [0.5, 0.6) is 0 Å². The van der Waals surface area contributed by atoms with Crippen molar-refractivity contribution in [3.63, 3.8) is 0 Å². The molecular weight excluding hydrogens is 250 g/mol. The van der Waals surface area contributed by atoms with E-state index in [4.69, 9.17) is 5.73 Å². The Morgan fingerprint density at radius 2 is 1.82 bits per heavy atom. The highest BCUT2D eigenvalue weighted by atomic mass is 32.2. The highest BCUT2D eigenvalue weighted by Crippen LogP contribution is 2.21. The molecule has 1 aromatic carbocycles. The number of benzene rings is 1. The monoisotopic (exact) mass is 264 g/mol. The Morgan fingerprint density at radius 3 is 2.24 bits per heavy atom. The SMILES string of the molecule is CCC(C)NS(=O)(=O)c1c(F)cc(N)cc1F. The molecule has 0 aliphatic carbocycles. The molecule has 0 aromatic heterocycles. The quantitative estimate of drug-likeness (QED) is 0.812. The molecule has 0 amide bonds. The number of anilines is 1. The van der Waals surface area contributed by atoms with Crippen LogP contribution in [0.4, 0.5) is 14.5 Å². The van der Waals surface area contributed by atoms with Gasteiger partial charge in [0.15, 0.2) is 4.90 Å². The molecule has 17 heavy (non-hydrogen) atoms. The van der Waals surface area contributed by atoms with Gasteiger partial charge in [0.2, 0.25) is 10.0 Å². The van der Waals surface area contributed by atoms with Crippen LogP contribution in [0.1, 0.15) is 20.3 Å². The lowest BCUT2D eigenvalue weighted by Crippen LogP contribution is -2.33. The Morgan fingerprint density at radius 1 is 1.35 bits per heavy atom. The molecule has 1 unspecified atom stereocenters. The molecule has 1 aromatic rings. The molecule has 0 heterocycles. The van der Waals surface area contributed by atoms with Crippen molar-refractivity contribution in [3.05, 3.63) is 23.8 Å². The molecular formula is C10H14F2N2O2S. The third kappa shape index (κ3) is 3.13. The van der Waals surface area contributed by atoms with Gasteiger partial charge < -0.3 is 5.73 Å². The molecule has 4 nitrogen and oxygen atoms in total. The van der Waals surface area contributed by atoms with E-state index < -0.39 is 32.6 Å². The molecule has 96 valence electrons. The topological polar surface area (TPSA) is 72.2 Å². The van der Waals surface area contributed by atoms with Gasteiger partial charge in [-0.1, -0.05) is 6.92 Å². The minimum absolute atomic E-state index is 0.164. The van der Waals surface area contributed by atoms with Crippen LogP contribution in [0.2, 0.25) is 0 Å². The predicted octanol–water partition coefficient (Wildman–Crippen LogP) is 1.62. The first-order valence-corrected chi connectivity index (χ1v) is 6.53. The smallest absolute Gasteiger partial charge is 0.246 e. The third-order valence-corrected chi connectivity index (χ3v) is 3.90. The normalized spacial score (nSPS) is 13.6. The fraction of sp³-hybridized carbons (Fsp3) is 0.400. The lowest BCUT2D eigenvalue weighted by atomic mass is 10.3. The van der Waals surface area contributed by atoms with Gasteiger partial charge in [-0.15, -0.1) is 0 Å². The molecule has 1 rings (SSSR count). The number of hydrogen-bond donors (Lipinski definition) is 2. The highest BCUT2D eigenvalue weighted by Gasteiger charge is 2.25. The largest absolute Gasteiger partial charge is 0.399 e. The summed E-state index contributed by atoms with van der Waals surface area (Å²) in [7, 11) is -4.21. The molecule has 0 fully saturated rings. The van der Waals surface area contributed by atoms with Crippen LogP contribution >= 0.6 is 0 Å². The van der Waals surface area contributed by atoms with Crippen LogP contribution in [0.25, 0.3) is 0 Å². The van der Waals surface area contributed by atoms with Crippen molar-refractivity contribution >= 4 is 15.7 Å². The predicted molar refractivity (Wildman–Crippen MR) is 60.8 cm³/mol. The molecule has 1 atom stereocenters. The van der Waals surface area contributed by atoms with Gasteiger partial charge in [-0.05, 0) is 25.5 Å². The van der Waals surface area contributed by atoms with E-state index in [9.17, 15) is 17.2 Å². The van der Waals surface area contributed by atoms with Crippen molar-refractivity contribution in [2.45, 2.75) is 31.2 Å². The van der Waals surface area contributed by atoms with E-state index in [-0.39, 0.29) is 5.69 Å². The fourth-order valence-corrected chi connectivity index (χ4v) is 2.69. The number of halogens is 2. The molecule has 0 saturated carbocycles. The van der Waals surface area contributed by atoms with Gasteiger partial charge in [-0.25, -0.2) is 21.9 Å². The zero-order valence-corrected chi connectivity index (χ0v) is 10.3. The van der Waals surface area contributed by atoms with E-state index in [2.05, 4.69) is 4.72 Å². The summed E-state index contributed by atoms with van der Waals surface area (Å²) in [5.41, 5.74) is 5.04. The number of rotatable bonds is 4. The van der Waals surface area contributed by atoms with Crippen molar-refractivity contribution in [2.75, 3.05) is 5.73 Å². The van der Waals surface area contributed by atoms with Crippen LogP contribution in [-0.4, -0.2) is 14.5 Å². The molecule has 7 heteroatoms. The summed E-state index contributed by atoms with van der Waals surface area (Å²) in [5, 5.41) is 0. The van der Waals surface area contributed by atoms with Crippen molar-refractivity contribution in [1.29, 1.82) is 0 Å². The van der Waals surface area contributed by atoms with Crippen LogP contribution < -0.4 is 10.5 Å². The molecule has 0 bridgehead atoms. The summed E-state index contributed by atoms with van der Waals surface area (Å²) in [6, 6.07) is 1.14. The van der Waals surface area contributed by atoms with Crippen molar-refractivity contribution in [1.82, 2.24) is 4.72 Å². The molecule has 0 radical (unpaired) electrons. The second kappa shape index (κ2) is 4.97. The first-order chi connectivity index (χ1) is 7.77. The summed E-state index contributed by atoms with van der Waals surface area (Å²) < 4.78 is 52.5. The van der Waals surface area contributed by atoms with Crippen molar-refractivity contribution in [2.24, 2.45) is 0 Å². The van der Waals surface area contributed by atoms with E-state index in [1.165, 1.54) is 0 Å². The fourth-order valence-electron chi connectivity index (χ4n) is 1.24. The van der Waals surface area contributed by atoms with Gasteiger partial charge in [0.25, 0.3) is 0 Å². The van der Waals surface area contributed by atoms with E-state index in [0.29, 0.717) is 6.42 Å². The average Bonchev–Trinajstić information content (AvgIpc) is 2.14. The number of nitrogens with one attached hydrogen (secondary N) is 1. The van der Waals surface area contributed by atoms with Crippen molar-refractivity contribution < 1.29 is 17.2 Å². The van der Waals surface area contributed by atoms with Gasteiger partial charge in [0.1, 0.15) is 11.6 Å². The maximum atomic E-state index is 13.4. The number of hydrogen-bond acceptors (Lipinski definition) is 3. The Kier molecular flexibility index (Phi) is 4.05. The minimum Gasteiger partial charge on any atom is -0.399 e. The molecule has 0 aliphatic heterocycles. The van der Waals surface area contributed by atoms with Crippen LogP contribution in [0.15, 0.2) is 17.0 Å². The second-order valence-electron chi connectivity index (χ2n) is 3.74. The maximum Gasteiger partial charge on any atom is 0.246 e. The standard InChI is InChI=1S/C10H14F2N2O2S/c1-3-6(2)14-17(15,16)10-8(11)4-7(13)5-9(10)12/h4-6,14H,3,13H2,1-2H3. The average molecular weight is 264 g/mol. The Labute approximate surface area is 98.9 Å². The van der Waals surface area contributed by atoms with Gasteiger partial charge in [-0.3, -0.25) is 0 Å². The van der Waals surface area contributed by atoms with Crippen LogP contribution in [0.3, 0.4) is 0 Å². The zero-order valence-electron chi connectivity index (χ0n) is 9.50. The van der Waals surface area contributed by atoms with Crippen molar-refractivity contribution in [3.8, 4) is 0 Å². The molecule has 0 spiro atoms. The zero-order chi connectivity index (χ0) is 13.2. The van der Waals surface area contributed by atoms with Gasteiger partial charge >= 0.3 is 0 Å². The molecule has 3 N–H and O–H groups in total. The van der Waals surface area contributed by atoms with Crippen LogP contribution in [-0.2, 0) is 10.0 Å².